The molecule has 1 heterocycles. The highest BCUT2D eigenvalue weighted by atomic mass is 35.5. The van der Waals surface area contributed by atoms with E-state index in [4.69, 9.17) is 16.3 Å². The number of hydrogen-bond donors (Lipinski definition) is 1. The zero-order chi connectivity index (χ0) is 19.0. The van der Waals surface area contributed by atoms with Gasteiger partial charge in [0, 0.05) is 11.6 Å². The Balaban J connectivity index is 1.92. The summed E-state index contributed by atoms with van der Waals surface area (Å²) in [5, 5.41) is 4.55. The molecule has 1 aliphatic heterocycles. The summed E-state index contributed by atoms with van der Waals surface area (Å²) in [5.74, 6) is 1.36. The van der Waals surface area contributed by atoms with E-state index < -0.39 is 0 Å². The van der Waals surface area contributed by atoms with Crippen LogP contribution in [-0.4, -0.2) is 50.8 Å². The third-order valence-electron chi connectivity index (χ3n) is 5.49. The van der Waals surface area contributed by atoms with Crippen molar-refractivity contribution in [3.05, 3.63) is 34.9 Å². The lowest BCUT2D eigenvalue weighted by molar-refractivity contribution is -0.0830. The van der Waals surface area contributed by atoms with Crippen LogP contribution in [0, 0.1) is 11.8 Å². The second kappa shape index (κ2) is 10.7. The number of halogens is 1. The normalized spacial score (nSPS) is 21.1. The van der Waals surface area contributed by atoms with Crippen molar-refractivity contribution in [3.8, 4) is 0 Å². The maximum Gasteiger partial charge on any atom is 0.0629 e. The predicted octanol–water partition coefficient (Wildman–Crippen LogP) is 4.64. The quantitative estimate of drug-likeness (QED) is 0.598. The maximum atomic E-state index is 6.45. The van der Waals surface area contributed by atoms with Crippen molar-refractivity contribution in [2.45, 2.75) is 51.6 Å². The Bertz CT molecular complexity index is 533. The number of benzene rings is 1. The molecule has 0 aliphatic carbocycles. The van der Waals surface area contributed by atoms with E-state index in [0.717, 1.165) is 44.1 Å². The minimum atomic E-state index is 0.000782. The van der Waals surface area contributed by atoms with E-state index >= 15 is 0 Å². The second-order valence-electron chi connectivity index (χ2n) is 8.61. The van der Waals surface area contributed by atoms with Gasteiger partial charge in [-0.15, -0.1) is 0 Å². The number of nitrogens with one attached hydrogen (secondary N) is 1. The average molecular weight is 381 g/mol. The van der Waals surface area contributed by atoms with Gasteiger partial charge in [-0.3, -0.25) is 0 Å². The van der Waals surface area contributed by atoms with Gasteiger partial charge in [-0.05, 0) is 103 Å². The van der Waals surface area contributed by atoms with Gasteiger partial charge in [0.1, 0.15) is 0 Å². The van der Waals surface area contributed by atoms with Gasteiger partial charge in [-0.2, -0.15) is 0 Å². The van der Waals surface area contributed by atoms with Crippen LogP contribution < -0.4 is 5.32 Å². The van der Waals surface area contributed by atoms with E-state index in [9.17, 15) is 0 Å². The molecule has 2 atom stereocenters. The van der Waals surface area contributed by atoms with Crippen LogP contribution in [0.3, 0.4) is 0 Å². The summed E-state index contributed by atoms with van der Waals surface area (Å²) in [6.45, 7) is 8.66. The number of rotatable bonds is 10. The summed E-state index contributed by atoms with van der Waals surface area (Å²) in [6, 6.07) is 8.32. The van der Waals surface area contributed by atoms with Crippen LogP contribution in [-0.2, 0) is 11.2 Å². The Morgan fingerprint density at radius 1 is 1.27 bits per heavy atom. The highest BCUT2D eigenvalue weighted by molar-refractivity contribution is 6.31. The van der Waals surface area contributed by atoms with Gasteiger partial charge in [0.25, 0.3) is 0 Å². The predicted molar refractivity (Wildman–Crippen MR) is 112 cm³/mol. The smallest absolute Gasteiger partial charge is 0.0629 e. The summed E-state index contributed by atoms with van der Waals surface area (Å²) < 4.78 is 5.95. The van der Waals surface area contributed by atoms with Gasteiger partial charge >= 0.3 is 0 Å². The maximum absolute atomic E-state index is 6.45. The molecule has 0 radical (unpaired) electrons. The first-order chi connectivity index (χ1) is 12.4. The summed E-state index contributed by atoms with van der Waals surface area (Å²) in [4.78, 5) is 2.24. The van der Waals surface area contributed by atoms with Gasteiger partial charge in [0.05, 0.1) is 5.60 Å². The molecular weight excluding hydrogens is 344 g/mol. The van der Waals surface area contributed by atoms with Gasteiger partial charge in [0.2, 0.25) is 0 Å². The lowest BCUT2D eigenvalue weighted by atomic mass is 9.75. The summed E-state index contributed by atoms with van der Waals surface area (Å²) in [7, 11) is 4.26. The molecule has 0 saturated carbocycles. The average Bonchev–Trinajstić information content (AvgIpc) is 2.57. The third kappa shape index (κ3) is 7.56. The molecule has 148 valence electrons. The van der Waals surface area contributed by atoms with Gasteiger partial charge in [-0.25, -0.2) is 0 Å². The molecule has 3 nitrogen and oxygen atoms in total. The van der Waals surface area contributed by atoms with Crippen molar-refractivity contribution in [3.63, 3.8) is 0 Å². The Labute approximate surface area is 165 Å². The zero-order valence-corrected chi connectivity index (χ0v) is 17.8. The topological polar surface area (TPSA) is 24.5 Å². The fourth-order valence-corrected chi connectivity index (χ4v) is 4.28. The van der Waals surface area contributed by atoms with E-state index in [1.807, 2.05) is 12.1 Å². The van der Waals surface area contributed by atoms with Crippen LogP contribution in [0.25, 0.3) is 0 Å². The lowest BCUT2D eigenvalue weighted by Crippen LogP contribution is -2.38. The van der Waals surface area contributed by atoms with Crippen LogP contribution in [0.1, 0.15) is 45.1 Å². The Morgan fingerprint density at radius 2 is 2.04 bits per heavy atom. The van der Waals surface area contributed by atoms with E-state index in [1.54, 1.807) is 0 Å². The fourth-order valence-electron chi connectivity index (χ4n) is 4.06. The number of nitrogens with zero attached hydrogens (tertiary/aromatic N) is 1. The fraction of sp³-hybridized carbons (Fsp3) is 0.727. The van der Waals surface area contributed by atoms with E-state index in [0.29, 0.717) is 11.8 Å². The molecule has 1 fully saturated rings. The molecule has 0 aromatic heterocycles. The van der Waals surface area contributed by atoms with Crippen LogP contribution >= 0.6 is 11.6 Å². The first kappa shape index (κ1) is 21.7. The molecule has 2 rings (SSSR count). The lowest BCUT2D eigenvalue weighted by Gasteiger charge is -2.39. The summed E-state index contributed by atoms with van der Waals surface area (Å²) >= 11 is 6.45. The first-order valence-electron chi connectivity index (χ1n) is 10.1. The van der Waals surface area contributed by atoms with Crippen molar-refractivity contribution in [1.29, 1.82) is 0 Å². The molecule has 0 unspecified atom stereocenters. The highest BCUT2D eigenvalue weighted by Gasteiger charge is 2.33. The van der Waals surface area contributed by atoms with Crippen LogP contribution in [0.2, 0.25) is 5.02 Å². The summed E-state index contributed by atoms with van der Waals surface area (Å²) in [5.41, 5.74) is 1.29. The first-order valence-corrected chi connectivity index (χ1v) is 10.5. The van der Waals surface area contributed by atoms with Crippen LogP contribution in [0.4, 0.5) is 0 Å². The molecule has 1 saturated heterocycles. The van der Waals surface area contributed by atoms with Crippen LogP contribution in [0.5, 0.6) is 0 Å². The SMILES string of the molecule is CN(C)CCCNCC[C@@H](Cc1ccccc1Cl)[C@H]1CCOC(C)(C)C1. The largest absolute Gasteiger partial charge is 0.376 e. The second-order valence-corrected chi connectivity index (χ2v) is 9.02. The van der Waals surface area contributed by atoms with Crippen LogP contribution in [0.15, 0.2) is 24.3 Å². The van der Waals surface area contributed by atoms with E-state index in [2.05, 4.69) is 50.3 Å². The van der Waals surface area contributed by atoms with E-state index in [1.165, 1.54) is 24.8 Å². The number of ether oxygens (including phenoxy) is 1. The Hall–Kier alpha value is -0.610. The number of hydrogen-bond acceptors (Lipinski definition) is 3. The minimum Gasteiger partial charge on any atom is -0.376 e. The molecule has 1 aromatic rings. The molecular formula is C22H37ClN2O. The van der Waals surface area contributed by atoms with Crippen molar-refractivity contribution >= 4 is 11.6 Å². The zero-order valence-electron chi connectivity index (χ0n) is 17.1. The van der Waals surface area contributed by atoms with Gasteiger partial charge < -0.3 is 15.0 Å². The molecule has 26 heavy (non-hydrogen) atoms. The molecule has 0 bridgehead atoms. The summed E-state index contributed by atoms with van der Waals surface area (Å²) in [6.07, 6.45) is 5.78. The van der Waals surface area contributed by atoms with Gasteiger partial charge in [-0.1, -0.05) is 29.8 Å². The molecule has 1 N–H and O–H groups in total. The molecule has 1 aromatic carbocycles. The van der Waals surface area contributed by atoms with Crippen molar-refractivity contribution in [2.24, 2.45) is 11.8 Å². The molecule has 4 heteroatoms. The minimum absolute atomic E-state index is 0.000782. The Kier molecular flexibility index (Phi) is 8.89. The third-order valence-corrected chi connectivity index (χ3v) is 5.86. The monoisotopic (exact) mass is 380 g/mol. The van der Waals surface area contributed by atoms with Crippen molar-refractivity contribution < 1.29 is 4.74 Å². The van der Waals surface area contributed by atoms with Gasteiger partial charge in [0.15, 0.2) is 0 Å². The van der Waals surface area contributed by atoms with Crippen molar-refractivity contribution in [1.82, 2.24) is 10.2 Å². The standard InChI is InChI=1S/C22H37ClN2O/c1-22(2)17-20(11-15-26-22)18(10-13-24-12-7-14-25(3)4)16-19-8-5-6-9-21(19)23/h5-6,8-9,18,20,24H,7,10-17H2,1-4H3/t18-,20-/m0/s1. The van der Waals surface area contributed by atoms with E-state index in [-0.39, 0.29) is 5.60 Å². The molecule has 0 spiro atoms. The Morgan fingerprint density at radius 3 is 2.73 bits per heavy atom. The highest BCUT2D eigenvalue weighted by Crippen LogP contribution is 2.37. The van der Waals surface area contributed by atoms with Crippen molar-refractivity contribution in [2.75, 3.05) is 40.3 Å². The molecule has 0 amide bonds. The molecule has 1 aliphatic rings.